The minimum absolute atomic E-state index is 0.0526. The maximum Gasteiger partial charge on any atom is 0.345 e. The van der Waals surface area contributed by atoms with Gasteiger partial charge in [0.2, 0.25) is 0 Å². The van der Waals surface area contributed by atoms with Crippen LogP contribution in [0.3, 0.4) is 0 Å². The van der Waals surface area contributed by atoms with Gasteiger partial charge in [-0.2, -0.15) is 9.72 Å². The maximum absolute atomic E-state index is 11.7. The molecule has 0 aliphatic carbocycles. The number of nitrogens with one attached hydrogen (secondary N) is 1. The molecule has 0 radical (unpaired) electrons. The van der Waals surface area contributed by atoms with Crippen molar-refractivity contribution in [2.24, 2.45) is 4.99 Å². The highest BCUT2D eigenvalue weighted by molar-refractivity contribution is 6.31. The summed E-state index contributed by atoms with van der Waals surface area (Å²) in [7, 11) is 0. The number of pyridine rings is 1. The van der Waals surface area contributed by atoms with Crippen LogP contribution in [0.15, 0.2) is 47.6 Å². The monoisotopic (exact) mass is 297 g/mol. The first-order chi connectivity index (χ1) is 9.04. The molecule has 2 rings (SSSR count). The summed E-state index contributed by atoms with van der Waals surface area (Å²) in [6.07, 6.45) is 1.29. The van der Waals surface area contributed by atoms with Crippen LogP contribution in [0.5, 0.6) is 0 Å². The first kappa shape index (κ1) is 13.5. The maximum atomic E-state index is 11.7. The lowest BCUT2D eigenvalue weighted by Gasteiger charge is -2.02. The van der Waals surface area contributed by atoms with Gasteiger partial charge in [-0.15, -0.1) is 0 Å². The van der Waals surface area contributed by atoms with Gasteiger partial charge in [0, 0.05) is 23.0 Å². The van der Waals surface area contributed by atoms with Gasteiger partial charge in [0.15, 0.2) is 0 Å². The minimum Gasteiger partial charge on any atom is -0.428 e. The third-order valence-corrected chi connectivity index (χ3v) is 2.70. The van der Waals surface area contributed by atoms with Gasteiger partial charge in [-0.3, -0.25) is 0 Å². The topological polar surface area (TPSA) is 66.6 Å². The summed E-state index contributed by atoms with van der Waals surface area (Å²) in [5.74, 6) is 0. The van der Waals surface area contributed by atoms with E-state index in [2.05, 4.69) is 10.3 Å². The van der Waals surface area contributed by atoms with E-state index in [1.165, 1.54) is 18.3 Å². The zero-order valence-corrected chi connectivity index (χ0v) is 11.1. The number of hydrogen-bond donors (Lipinski definition) is 2. The molecular weight excluding hydrogens is 289 g/mol. The normalized spacial score (nSPS) is 11.4. The second kappa shape index (κ2) is 5.77. The van der Waals surface area contributed by atoms with Gasteiger partial charge < -0.3 is 10.5 Å². The molecule has 0 saturated heterocycles. The molecule has 5 nitrogen and oxygen atoms in total. The smallest absolute Gasteiger partial charge is 0.345 e. The summed E-state index contributed by atoms with van der Waals surface area (Å²) in [6.45, 7) is 0. The molecule has 0 unspecified atom stereocenters. The van der Waals surface area contributed by atoms with Crippen molar-refractivity contribution in [1.29, 1.82) is 0 Å². The minimum atomic E-state index is -0.561. The molecule has 0 aliphatic heterocycles. The highest BCUT2D eigenvalue weighted by Gasteiger charge is 2.00. The number of carbonyl (C=O) groups excluding carboxylic acids is 1. The Balaban J connectivity index is 2.19. The lowest BCUT2D eigenvalue weighted by molar-refractivity contribution is 0.185. The molecule has 7 heteroatoms. The number of anilines is 1. The molecule has 0 atom stereocenters. The molecule has 1 aromatic carbocycles. The Labute approximate surface area is 118 Å². The van der Waals surface area contributed by atoms with E-state index in [1.807, 2.05) is 0 Å². The summed E-state index contributed by atoms with van der Waals surface area (Å²) >= 11 is 11.5. The highest BCUT2D eigenvalue weighted by atomic mass is 35.5. The van der Waals surface area contributed by atoms with E-state index in [-0.39, 0.29) is 5.15 Å². The van der Waals surface area contributed by atoms with E-state index in [0.29, 0.717) is 16.1 Å². The average Bonchev–Trinajstić information content (AvgIpc) is 2.34. The number of rotatable bonds is 1. The van der Waals surface area contributed by atoms with Crippen molar-refractivity contribution in [3.05, 3.63) is 58.1 Å². The Hall–Kier alpha value is -1.98. The van der Waals surface area contributed by atoms with Crippen molar-refractivity contribution >= 4 is 34.9 Å². The predicted octanol–water partition coefficient (Wildman–Crippen LogP) is 3.17. The molecule has 0 saturated carbocycles. The molecule has 2 N–H and O–H groups in total. The number of urea groups is 1. The largest absolute Gasteiger partial charge is 0.428 e. The van der Waals surface area contributed by atoms with Gasteiger partial charge in [0.25, 0.3) is 0 Å². The SMILES string of the molecule is O=C(/N=c1/ccn(O)c(Cl)c1)Nc1cccc(Cl)c1. The van der Waals surface area contributed by atoms with E-state index >= 15 is 0 Å². The number of amides is 2. The molecule has 0 spiro atoms. The molecule has 1 aromatic heterocycles. The van der Waals surface area contributed by atoms with Crippen LogP contribution in [0.4, 0.5) is 10.5 Å². The molecule has 2 amide bonds. The fourth-order valence-electron chi connectivity index (χ4n) is 1.36. The quantitative estimate of drug-likeness (QED) is 0.627. The van der Waals surface area contributed by atoms with Gasteiger partial charge in [0.1, 0.15) is 5.15 Å². The van der Waals surface area contributed by atoms with Crippen LogP contribution in [0.1, 0.15) is 0 Å². The molecule has 0 fully saturated rings. The molecular formula is C12H9Cl2N3O2. The van der Waals surface area contributed by atoms with Crippen molar-refractivity contribution in [2.75, 3.05) is 5.32 Å². The number of nitrogens with zero attached hydrogens (tertiary/aromatic N) is 2. The van der Waals surface area contributed by atoms with Gasteiger partial charge in [-0.1, -0.05) is 29.3 Å². The third kappa shape index (κ3) is 3.74. The van der Waals surface area contributed by atoms with Gasteiger partial charge in [-0.05, 0) is 24.3 Å². The van der Waals surface area contributed by atoms with Crippen LogP contribution in [0.25, 0.3) is 0 Å². The summed E-state index contributed by atoms with van der Waals surface area (Å²) < 4.78 is 0.718. The van der Waals surface area contributed by atoms with Gasteiger partial charge in [-0.25, -0.2) is 4.79 Å². The molecule has 0 aliphatic rings. The van der Waals surface area contributed by atoms with E-state index in [0.717, 1.165) is 4.73 Å². The molecule has 1 heterocycles. The zero-order chi connectivity index (χ0) is 13.8. The van der Waals surface area contributed by atoms with E-state index in [4.69, 9.17) is 23.2 Å². The fourth-order valence-corrected chi connectivity index (χ4v) is 1.72. The van der Waals surface area contributed by atoms with E-state index in [9.17, 15) is 10.0 Å². The van der Waals surface area contributed by atoms with Crippen LogP contribution < -0.4 is 10.7 Å². The van der Waals surface area contributed by atoms with Crippen molar-refractivity contribution in [3.8, 4) is 0 Å². The van der Waals surface area contributed by atoms with Crippen molar-refractivity contribution in [2.45, 2.75) is 0 Å². The summed E-state index contributed by atoms with van der Waals surface area (Å²) in [5, 5.41) is 12.6. The van der Waals surface area contributed by atoms with Crippen LogP contribution in [-0.2, 0) is 0 Å². The number of carbonyl (C=O) groups is 1. The summed E-state index contributed by atoms with van der Waals surface area (Å²) in [4.78, 5) is 15.4. The first-order valence-electron chi connectivity index (χ1n) is 5.23. The molecule has 0 bridgehead atoms. The van der Waals surface area contributed by atoms with E-state index < -0.39 is 6.03 Å². The van der Waals surface area contributed by atoms with Crippen LogP contribution in [-0.4, -0.2) is 16.0 Å². The molecule has 19 heavy (non-hydrogen) atoms. The Bertz CT molecular complexity index is 683. The van der Waals surface area contributed by atoms with Gasteiger partial charge >= 0.3 is 6.03 Å². The molecule has 98 valence electrons. The van der Waals surface area contributed by atoms with Gasteiger partial charge in [0.05, 0.1) is 5.36 Å². The van der Waals surface area contributed by atoms with Crippen LogP contribution in [0, 0.1) is 0 Å². The van der Waals surface area contributed by atoms with Crippen LogP contribution in [0.2, 0.25) is 10.2 Å². The Morgan fingerprint density at radius 2 is 2.05 bits per heavy atom. The Kier molecular flexibility index (Phi) is 4.09. The summed E-state index contributed by atoms with van der Waals surface area (Å²) in [6, 6.07) is 8.96. The second-order valence-corrected chi connectivity index (χ2v) is 4.43. The number of aromatic nitrogens is 1. The van der Waals surface area contributed by atoms with Crippen molar-refractivity contribution in [1.82, 2.24) is 4.73 Å². The highest BCUT2D eigenvalue weighted by Crippen LogP contribution is 2.14. The van der Waals surface area contributed by atoms with Crippen molar-refractivity contribution < 1.29 is 10.0 Å². The number of hydrogen-bond acceptors (Lipinski definition) is 2. The Morgan fingerprint density at radius 3 is 2.74 bits per heavy atom. The van der Waals surface area contributed by atoms with Crippen LogP contribution >= 0.6 is 23.2 Å². The lowest BCUT2D eigenvalue weighted by Crippen LogP contribution is -2.13. The predicted molar refractivity (Wildman–Crippen MR) is 72.7 cm³/mol. The Morgan fingerprint density at radius 1 is 1.26 bits per heavy atom. The first-order valence-corrected chi connectivity index (χ1v) is 5.99. The zero-order valence-electron chi connectivity index (χ0n) is 9.55. The fraction of sp³-hybridized carbons (Fsp3) is 0. The number of benzene rings is 1. The average molecular weight is 298 g/mol. The second-order valence-electron chi connectivity index (χ2n) is 3.60. The van der Waals surface area contributed by atoms with Crippen molar-refractivity contribution in [3.63, 3.8) is 0 Å². The molecule has 2 aromatic rings. The third-order valence-electron chi connectivity index (χ3n) is 2.18. The summed E-state index contributed by atoms with van der Waals surface area (Å²) in [5.41, 5.74) is 0.542. The lowest BCUT2D eigenvalue weighted by atomic mass is 10.3. The van der Waals surface area contributed by atoms with E-state index in [1.54, 1.807) is 24.3 Å². The number of halogens is 2. The standard InChI is InChI=1S/C12H9Cl2N3O2/c13-8-2-1-3-9(6-8)15-12(18)16-10-4-5-17(19)11(14)7-10/h1-7,19H,(H,15,18)/b16-10-.